The van der Waals surface area contributed by atoms with E-state index in [0.29, 0.717) is 0 Å². The number of ketones is 1. The minimum absolute atomic E-state index is 0.00205. The summed E-state index contributed by atoms with van der Waals surface area (Å²) in [6.45, 7) is -1.49. The Kier molecular flexibility index (Phi) is 6.07. The molecule has 0 heterocycles. The molecule has 1 aromatic rings. The maximum Gasteiger partial charge on any atom is 0.411 e. The molecule has 1 rings (SSSR count). The minimum Gasteiger partial charge on any atom is -0.372 e. The summed E-state index contributed by atoms with van der Waals surface area (Å²) in [4.78, 5) is 11.5. The molecule has 2 nitrogen and oxygen atoms in total. The van der Waals surface area contributed by atoms with E-state index in [2.05, 4.69) is 27.3 Å². The Morgan fingerprint density at radius 1 is 1.22 bits per heavy atom. The van der Waals surface area contributed by atoms with Crippen molar-refractivity contribution >= 4 is 28.4 Å². The lowest BCUT2D eigenvalue weighted by Gasteiger charge is -2.07. The quantitative estimate of drug-likeness (QED) is 0.566. The van der Waals surface area contributed by atoms with Crippen LogP contribution in [-0.4, -0.2) is 25.2 Å². The Labute approximate surface area is 117 Å². The highest BCUT2D eigenvalue weighted by molar-refractivity contribution is 14.1. The lowest BCUT2D eigenvalue weighted by Crippen LogP contribution is -2.18. The summed E-state index contributed by atoms with van der Waals surface area (Å²) >= 11 is 2.15. The van der Waals surface area contributed by atoms with Crippen LogP contribution in [0.5, 0.6) is 0 Å². The summed E-state index contributed by atoms with van der Waals surface area (Å²) in [5.41, 5.74) is 0.858. The van der Waals surface area contributed by atoms with E-state index in [0.717, 1.165) is 9.13 Å². The van der Waals surface area contributed by atoms with E-state index >= 15 is 0 Å². The van der Waals surface area contributed by atoms with Crippen molar-refractivity contribution in [3.05, 3.63) is 33.4 Å². The smallest absolute Gasteiger partial charge is 0.372 e. The van der Waals surface area contributed by atoms with E-state index in [1.165, 1.54) is 0 Å². The third-order valence-electron chi connectivity index (χ3n) is 2.11. The first kappa shape index (κ1) is 15.4. The number of alkyl halides is 3. The first-order valence-electron chi connectivity index (χ1n) is 5.27. The largest absolute Gasteiger partial charge is 0.411 e. The minimum atomic E-state index is -4.33. The van der Waals surface area contributed by atoms with Gasteiger partial charge in [-0.1, -0.05) is 12.1 Å². The van der Waals surface area contributed by atoms with Gasteiger partial charge >= 0.3 is 6.18 Å². The van der Waals surface area contributed by atoms with E-state index in [1.807, 2.05) is 24.3 Å². The number of hydrogen-bond donors (Lipinski definition) is 0. The molecule has 0 unspecified atom stereocenters. The van der Waals surface area contributed by atoms with E-state index in [1.54, 1.807) is 0 Å². The normalized spacial score (nSPS) is 11.6. The Morgan fingerprint density at radius 3 is 2.39 bits per heavy atom. The van der Waals surface area contributed by atoms with Gasteiger partial charge < -0.3 is 4.74 Å². The lowest BCUT2D eigenvalue weighted by atomic mass is 10.1. The second-order valence-electron chi connectivity index (χ2n) is 3.76. The molecule has 0 aliphatic heterocycles. The van der Waals surface area contributed by atoms with Crippen LogP contribution < -0.4 is 0 Å². The third-order valence-corrected chi connectivity index (χ3v) is 2.82. The second-order valence-corrected chi connectivity index (χ2v) is 5.01. The molecular weight excluding hydrogens is 360 g/mol. The summed E-state index contributed by atoms with van der Waals surface area (Å²) < 4.78 is 40.7. The van der Waals surface area contributed by atoms with E-state index in [-0.39, 0.29) is 25.2 Å². The molecule has 0 amide bonds. The predicted octanol–water partition coefficient (Wildman–Crippen LogP) is 3.37. The summed E-state index contributed by atoms with van der Waals surface area (Å²) in [7, 11) is 0. The topological polar surface area (TPSA) is 26.3 Å². The van der Waals surface area contributed by atoms with Crippen molar-refractivity contribution in [3.8, 4) is 0 Å². The van der Waals surface area contributed by atoms with Crippen LogP contribution in [0, 0.1) is 3.57 Å². The van der Waals surface area contributed by atoms with Gasteiger partial charge in [0.15, 0.2) is 0 Å². The maximum atomic E-state index is 11.8. The van der Waals surface area contributed by atoms with Crippen molar-refractivity contribution in [1.82, 2.24) is 0 Å². The first-order chi connectivity index (χ1) is 8.37. The molecule has 0 bridgehead atoms. The predicted molar refractivity (Wildman–Crippen MR) is 69.4 cm³/mol. The van der Waals surface area contributed by atoms with Gasteiger partial charge in [0.05, 0.1) is 6.61 Å². The SMILES string of the molecule is O=C(CCOCC(F)(F)F)Cc1ccc(I)cc1. The number of halogens is 4. The molecule has 100 valence electrons. The molecule has 0 N–H and O–H groups in total. The van der Waals surface area contributed by atoms with Crippen LogP contribution in [0.3, 0.4) is 0 Å². The molecule has 0 aliphatic rings. The Hall–Kier alpha value is -0.630. The molecule has 0 radical (unpaired) electrons. The van der Waals surface area contributed by atoms with Crippen molar-refractivity contribution in [2.45, 2.75) is 19.0 Å². The molecule has 0 spiro atoms. The molecule has 0 saturated heterocycles. The van der Waals surface area contributed by atoms with E-state index in [9.17, 15) is 18.0 Å². The highest BCUT2D eigenvalue weighted by atomic mass is 127. The molecule has 0 saturated carbocycles. The second kappa shape index (κ2) is 7.08. The monoisotopic (exact) mass is 372 g/mol. The molecule has 0 fully saturated rings. The highest BCUT2D eigenvalue weighted by Crippen LogP contribution is 2.14. The fourth-order valence-corrected chi connectivity index (χ4v) is 1.65. The average molecular weight is 372 g/mol. The average Bonchev–Trinajstić information content (AvgIpc) is 2.26. The maximum absolute atomic E-state index is 11.8. The first-order valence-corrected chi connectivity index (χ1v) is 6.35. The number of rotatable bonds is 6. The molecular formula is C12H12F3IO2. The number of Topliss-reactive ketones (excluding diaryl/α,β-unsaturated/α-hetero) is 1. The third kappa shape index (κ3) is 6.95. The van der Waals surface area contributed by atoms with Gasteiger partial charge in [0.2, 0.25) is 0 Å². The standard InChI is InChI=1S/C12H12F3IO2/c13-12(14,15)8-18-6-5-11(17)7-9-1-3-10(16)4-2-9/h1-4H,5-8H2. The summed E-state index contributed by atoms with van der Waals surface area (Å²) in [6.07, 6.45) is -4.10. The van der Waals surface area contributed by atoms with E-state index < -0.39 is 12.8 Å². The molecule has 0 atom stereocenters. The zero-order valence-corrected chi connectivity index (χ0v) is 11.6. The molecule has 6 heteroatoms. The van der Waals surface area contributed by atoms with Gasteiger partial charge in [-0.2, -0.15) is 13.2 Å². The van der Waals surface area contributed by atoms with Crippen molar-refractivity contribution < 1.29 is 22.7 Å². The Morgan fingerprint density at radius 2 is 1.83 bits per heavy atom. The van der Waals surface area contributed by atoms with Gasteiger partial charge in [-0.25, -0.2) is 0 Å². The molecule has 0 aromatic heterocycles. The van der Waals surface area contributed by atoms with Crippen LogP contribution in [0.25, 0.3) is 0 Å². The van der Waals surface area contributed by atoms with Crippen molar-refractivity contribution in [3.63, 3.8) is 0 Å². The van der Waals surface area contributed by atoms with Crippen LogP contribution in [0.1, 0.15) is 12.0 Å². The van der Waals surface area contributed by atoms with Gasteiger partial charge in [-0.15, -0.1) is 0 Å². The van der Waals surface area contributed by atoms with Crippen molar-refractivity contribution in [1.29, 1.82) is 0 Å². The van der Waals surface area contributed by atoms with E-state index in [4.69, 9.17) is 0 Å². The van der Waals surface area contributed by atoms with Gasteiger partial charge in [0.1, 0.15) is 12.4 Å². The van der Waals surface area contributed by atoms with Gasteiger partial charge in [-0.3, -0.25) is 4.79 Å². The van der Waals surface area contributed by atoms with Gasteiger partial charge in [-0.05, 0) is 40.3 Å². The fourth-order valence-electron chi connectivity index (χ4n) is 1.29. The van der Waals surface area contributed by atoms with Crippen molar-refractivity contribution in [2.24, 2.45) is 0 Å². The van der Waals surface area contributed by atoms with Crippen LogP contribution in [0.15, 0.2) is 24.3 Å². The van der Waals surface area contributed by atoms with Crippen LogP contribution in [-0.2, 0) is 16.0 Å². The zero-order valence-electron chi connectivity index (χ0n) is 9.47. The number of hydrogen-bond acceptors (Lipinski definition) is 2. The number of carbonyl (C=O) groups is 1. The Balaban J connectivity index is 2.24. The van der Waals surface area contributed by atoms with Crippen molar-refractivity contribution in [2.75, 3.05) is 13.2 Å². The molecule has 18 heavy (non-hydrogen) atoms. The lowest BCUT2D eigenvalue weighted by molar-refractivity contribution is -0.174. The Bertz CT molecular complexity index is 387. The zero-order chi connectivity index (χ0) is 13.6. The summed E-state index contributed by atoms with van der Waals surface area (Å²) in [5.74, 6) is -0.126. The summed E-state index contributed by atoms with van der Waals surface area (Å²) in [5, 5.41) is 0. The molecule has 0 aliphatic carbocycles. The fraction of sp³-hybridized carbons (Fsp3) is 0.417. The van der Waals surface area contributed by atoms with Crippen LogP contribution in [0.2, 0.25) is 0 Å². The molecule has 1 aromatic carbocycles. The number of benzene rings is 1. The van der Waals surface area contributed by atoms with Crippen LogP contribution in [0.4, 0.5) is 13.2 Å². The summed E-state index contributed by atoms with van der Waals surface area (Å²) in [6, 6.07) is 7.42. The number of carbonyl (C=O) groups excluding carboxylic acids is 1. The van der Waals surface area contributed by atoms with Crippen LogP contribution >= 0.6 is 22.6 Å². The van der Waals surface area contributed by atoms with Gasteiger partial charge in [0.25, 0.3) is 0 Å². The number of ether oxygens (including phenoxy) is 1. The van der Waals surface area contributed by atoms with Gasteiger partial charge in [0, 0.05) is 16.4 Å². The highest BCUT2D eigenvalue weighted by Gasteiger charge is 2.27.